The lowest BCUT2D eigenvalue weighted by Gasteiger charge is -2.48. The Bertz CT molecular complexity index is 1130. The van der Waals surface area contributed by atoms with Crippen LogP contribution in [0.5, 0.6) is 0 Å². The predicted octanol–water partition coefficient (Wildman–Crippen LogP) is 5.28. The summed E-state index contributed by atoms with van der Waals surface area (Å²) in [6.07, 6.45) is -1.09. The third-order valence-corrected chi connectivity index (χ3v) is 7.69. The van der Waals surface area contributed by atoms with Crippen molar-refractivity contribution in [3.05, 3.63) is 55.6 Å². The highest BCUT2D eigenvalue weighted by molar-refractivity contribution is 9.11. The standard InChI is InChI=1S/C20H12BrClN4O2S/c1-11-19(10-25)17(26)28-20(11,12-2-4-13(22)5-3-12)27-16(18(19,8-23)9-24)14-6-7-15(21)29-14/h2-7,11,16,26H,1H3. The maximum atomic E-state index is 10.2. The molecule has 0 amide bonds. The molecule has 0 aliphatic carbocycles. The van der Waals surface area contributed by atoms with Crippen molar-refractivity contribution in [2.24, 2.45) is 16.7 Å². The minimum atomic E-state index is -1.96. The molecular weight excluding hydrogens is 476 g/mol. The van der Waals surface area contributed by atoms with Gasteiger partial charge in [-0.15, -0.1) is 11.3 Å². The molecular formula is C20H12BrClN4O2S. The van der Waals surface area contributed by atoms with Crippen LogP contribution in [0.4, 0.5) is 0 Å². The molecule has 1 aromatic carbocycles. The molecule has 1 N–H and O–H groups in total. The number of nitriles is 3. The Morgan fingerprint density at radius 1 is 1.10 bits per heavy atom. The monoisotopic (exact) mass is 486 g/mol. The second-order valence-electron chi connectivity index (χ2n) is 6.92. The average Bonchev–Trinajstić information content (AvgIpc) is 3.21. The molecule has 4 rings (SSSR count). The fourth-order valence-electron chi connectivity index (χ4n) is 4.27. The lowest BCUT2D eigenvalue weighted by molar-refractivity contribution is -0.287. The summed E-state index contributed by atoms with van der Waals surface area (Å²) in [5.41, 5.74) is -3.22. The Morgan fingerprint density at radius 2 is 1.76 bits per heavy atom. The molecule has 1 aromatic heterocycles. The molecule has 2 bridgehead atoms. The van der Waals surface area contributed by atoms with Crippen LogP contribution >= 0.6 is 38.9 Å². The number of thiophene rings is 1. The van der Waals surface area contributed by atoms with Gasteiger partial charge in [-0.25, -0.2) is 0 Å². The van der Waals surface area contributed by atoms with E-state index in [1.54, 1.807) is 43.3 Å². The van der Waals surface area contributed by atoms with Gasteiger partial charge < -0.3 is 9.47 Å². The topological polar surface area (TPSA) is 114 Å². The molecule has 0 radical (unpaired) electrons. The highest BCUT2D eigenvalue weighted by Crippen LogP contribution is 2.69. The molecule has 2 aliphatic heterocycles. The van der Waals surface area contributed by atoms with Crippen molar-refractivity contribution in [3.63, 3.8) is 0 Å². The second kappa shape index (κ2) is 6.55. The van der Waals surface area contributed by atoms with Gasteiger partial charge >= 0.3 is 0 Å². The fourth-order valence-corrected chi connectivity index (χ4v) is 5.92. The van der Waals surface area contributed by atoms with E-state index in [4.69, 9.17) is 26.5 Å². The van der Waals surface area contributed by atoms with Crippen LogP contribution in [0.2, 0.25) is 5.02 Å². The number of nitrogens with zero attached hydrogens (tertiary/aromatic N) is 3. The van der Waals surface area contributed by atoms with E-state index in [0.29, 0.717) is 15.5 Å². The third kappa shape index (κ3) is 2.31. The van der Waals surface area contributed by atoms with Crippen LogP contribution in [0.15, 0.2) is 40.2 Å². The first-order valence-electron chi connectivity index (χ1n) is 8.52. The van der Waals surface area contributed by atoms with E-state index in [2.05, 4.69) is 22.0 Å². The zero-order valence-electron chi connectivity index (χ0n) is 14.9. The van der Waals surface area contributed by atoms with Gasteiger partial charge in [0.25, 0.3) is 0 Å². The van der Waals surface area contributed by atoms with Gasteiger partial charge in [0.1, 0.15) is 6.10 Å². The number of hydrogen-bond donors (Lipinski definition) is 1. The van der Waals surface area contributed by atoms with Gasteiger partial charge in [0.05, 0.1) is 27.9 Å². The zero-order chi connectivity index (χ0) is 21.0. The van der Waals surface area contributed by atoms with Crippen molar-refractivity contribution in [2.75, 3.05) is 0 Å². The summed E-state index contributed by atoms with van der Waals surface area (Å²) in [5.74, 6) is -2.74. The molecule has 4 unspecified atom stereocenters. The zero-order valence-corrected chi connectivity index (χ0v) is 18.1. The number of benzene rings is 1. The molecule has 6 nitrogen and oxygen atoms in total. The van der Waals surface area contributed by atoms with Gasteiger partial charge in [0.2, 0.25) is 17.1 Å². The lowest BCUT2D eigenvalue weighted by atomic mass is 9.54. The summed E-state index contributed by atoms with van der Waals surface area (Å²) in [7, 11) is 0. The van der Waals surface area contributed by atoms with E-state index >= 15 is 0 Å². The van der Waals surface area contributed by atoms with Crippen molar-refractivity contribution < 1.29 is 9.47 Å². The largest absolute Gasteiger partial charge is 0.443 e. The number of hydrogen-bond acceptors (Lipinski definition) is 7. The van der Waals surface area contributed by atoms with Gasteiger partial charge in [0.15, 0.2) is 5.41 Å². The maximum Gasteiger partial charge on any atom is 0.244 e. The van der Waals surface area contributed by atoms with Crippen LogP contribution in [0, 0.1) is 56.2 Å². The number of rotatable bonds is 2. The smallest absolute Gasteiger partial charge is 0.244 e. The summed E-state index contributed by atoms with van der Waals surface area (Å²) >= 11 is 10.7. The highest BCUT2D eigenvalue weighted by atomic mass is 79.9. The van der Waals surface area contributed by atoms with Crippen LogP contribution in [0.25, 0.3) is 0 Å². The number of halogens is 2. The van der Waals surface area contributed by atoms with E-state index in [9.17, 15) is 15.8 Å². The van der Waals surface area contributed by atoms with E-state index in [-0.39, 0.29) is 0 Å². The summed E-state index contributed by atoms with van der Waals surface area (Å²) < 4.78 is 13.1. The Kier molecular flexibility index (Phi) is 4.49. The molecule has 4 atom stereocenters. The quantitative estimate of drug-likeness (QED) is 0.619. The number of nitrogens with one attached hydrogen (secondary N) is 1. The molecule has 9 heteroatoms. The molecule has 2 fully saturated rings. The SMILES string of the molecule is CC1C2(c3ccc(Cl)cc3)OC(=N)C1(C#N)C(C#N)(C#N)C(c1ccc(Br)s1)O2. The first-order chi connectivity index (χ1) is 13.8. The van der Waals surface area contributed by atoms with Gasteiger partial charge in [0, 0.05) is 15.5 Å². The van der Waals surface area contributed by atoms with Crippen LogP contribution in [0.1, 0.15) is 23.5 Å². The van der Waals surface area contributed by atoms with Crippen LogP contribution in [-0.4, -0.2) is 5.90 Å². The molecule has 2 saturated heterocycles. The molecule has 3 heterocycles. The second-order valence-corrected chi connectivity index (χ2v) is 9.85. The predicted molar refractivity (Wildman–Crippen MR) is 109 cm³/mol. The first-order valence-corrected chi connectivity index (χ1v) is 10.5. The molecule has 2 aliphatic rings. The van der Waals surface area contributed by atoms with Crippen molar-refractivity contribution >= 4 is 44.8 Å². The van der Waals surface area contributed by atoms with Crippen molar-refractivity contribution in [1.29, 1.82) is 21.2 Å². The van der Waals surface area contributed by atoms with E-state index < -0.39 is 34.5 Å². The summed E-state index contributed by atoms with van der Waals surface area (Å²) in [6, 6.07) is 16.4. The third-order valence-electron chi connectivity index (χ3n) is 5.77. The number of fused-ring (bicyclic) bond motifs is 2. The molecule has 144 valence electrons. The van der Waals surface area contributed by atoms with E-state index in [1.165, 1.54) is 11.3 Å². The van der Waals surface area contributed by atoms with Gasteiger partial charge in [-0.3, -0.25) is 5.41 Å². The van der Waals surface area contributed by atoms with Crippen LogP contribution in [0.3, 0.4) is 0 Å². The fraction of sp³-hybridized carbons (Fsp3) is 0.300. The summed E-state index contributed by atoms with van der Waals surface area (Å²) in [6.45, 7) is 1.67. The molecule has 0 saturated carbocycles. The minimum absolute atomic E-state index is 0.441. The van der Waals surface area contributed by atoms with Crippen molar-refractivity contribution in [1.82, 2.24) is 0 Å². The molecule has 2 aromatic rings. The van der Waals surface area contributed by atoms with Gasteiger partial charge in [-0.1, -0.05) is 30.7 Å². The van der Waals surface area contributed by atoms with Gasteiger partial charge in [-0.2, -0.15) is 15.8 Å². The molecule has 29 heavy (non-hydrogen) atoms. The van der Waals surface area contributed by atoms with Gasteiger partial charge in [-0.05, 0) is 40.2 Å². The minimum Gasteiger partial charge on any atom is -0.443 e. The Hall–Kier alpha value is -2.41. The maximum absolute atomic E-state index is 10.2. The van der Waals surface area contributed by atoms with E-state index in [1.807, 2.05) is 12.1 Å². The Morgan fingerprint density at radius 3 is 2.28 bits per heavy atom. The highest BCUT2D eigenvalue weighted by Gasteiger charge is 2.79. The molecule has 0 spiro atoms. The average molecular weight is 488 g/mol. The van der Waals surface area contributed by atoms with Crippen LogP contribution in [-0.2, 0) is 15.3 Å². The first kappa shape index (κ1) is 19.9. The Labute approximate surface area is 184 Å². The normalized spacial score (nSPS) is 31.9. The van der Waals surface area contributed by atoms with Crippen molar-refractivity contribution in [2.45, 2.75) is 18.8 Å². The summed E-state index contributed by atoms with van der Waals surface area (Å²) in [4.78, 5) is 0.586. The lowest BCUT2D eigenvalue weighted by Crippen LogP contribution is -2.57. The van der Waals surface area contributed by atoms with Crippen molar-refractivity contribution in [3.8, 4) is 18.2 Å². The van der Waals surface area contributed by atoms with E-state index in [0.717, 1.165) is 3.79 Å². The number of ether oxygens (including phenoxy) is 2. The Balaban J connectivity index is 2.03. The van der Waals surface area contributed by atoms with Crippen LogP contribution < -0.4 is 0 Å². The summed E-state index contributed by atoms with van der Waals surface area (Å²) in [5, 5.41) is 39.6.